The number of anilines is 1. The third kappa shape index (κ3) is 3.44. The molecule has 8 heteroatoms. The monoisotopic (exact) mass is 439 g/mol. The van der Waals surface area contributed by atoms with Crippen LogP contribution in [0.2, 0.25) is 0 Å². The molecule has 0 saturated carbocycles. The molecule has 1 saturated heterocycles. The highest BCUT2D eigenvalue weighted by molar-refractivity contribution is 9.11. The Balaban J connectivity index is 2.36. The van der Waals surface area contributed by atoms with Gasteiger partial charge in [-0.1, -0.05) is 6.92 Å². The first-order valence-corrected chi connectivity index (χ1v) is 9.78. The minimum atomic E-state index is -3.55. The maximum absolute atomic E-state index is 12.9. The lowest BCUT2D eigenvalue weighted by molar-refractivity contribution is 0.135. The van der Waals surface area contributed by atoms with Gasteiger partial charge in [-0.2, -0.15) is 4.31 Å². The Labute approximate surface area is 142 Å². The fourth-order valence-electron chi connectivity index (χ4n) is 2.60. The zero-order chi connectivity index (χ0) is 15.8. The summed E-state index contributed by atoms with van der Waals surface area (Å²) in [5.74, 6) is 0. The lowest BCUT2D eigenvalue weighted by atomic mass is 10.2. The molecular formula is C13H19Br2N3O2S. The fourth-order valence-corrected chi connectivity index (χ4v) is 6.66. The van der Waals surface area contributed by atoms with E-state index in [1.54, 1.807) is 16.4 Å². The smallest absolute Gasteiger partial charge is 0.245 e. The second kappa shape index (κ2) is 6.54. The van der Waals surface area contributed by atoms with E-state index in [1.807, 2.05) is 0 Å². The van der Waals surface area contributed by atoms with Crippen molar-refractivity contribution in [1.82, 2.24) is 9.21 Å². The summed E-state index contributed by atoms with van der Waals surface area (Å²) in [4.78, 5) is 2.52. The van der Waals surface area contributed by atoms with Gasteiger partial charge in [-0.15, -0.1) is 0 Å². The summed E-state index contributed by atoms with van der Waals surface area (Å²) >= 11 is 6.63. The SMILES string of the molecule is CCN1CCN(S(=O)(=O)c2c(Br)cc(N)cc2Br)CC1C. The minimum Gasteiger partial charge on any atom is -0.399 e. The van der Waals surface area contributed by atoms with Crippen LogP contribution < -0.4 is 5.73 Å². The Morgan fingerprint density at radius 3 is 2.33 bits per heavy atom. The number of likely N-dealkylation sites (N-methyl/N-ethyl adjacent to an activating group) is 1. The maximum atomic E-state index is 12.9. The molecule has 0 aromatic heterocycles. The van der Waals surface area contributed by atoms with Crippen LogP contribution in [0.15, 0.2) is 26.0 Å². The van der Waals surface area contributed by atoms with Crippen molar-refractivity contribution in [3.8, 4) is 0 Å². The molecule has 0 amide bonds. The van der Waals surface area contributed by atoms with E-state index in [9.17, 15) is 8.42 Å². The molecule has 118 valence electrons. The van der Waals surface area contributed by atoms with Crippen LogP contribution in [0.3, 0.4) is 0 Å². The molecule has 0 radical (unpaired) electrons. The van der Waals surface area contributed by atoms with Crippen LogP contribution in [0, 0.1) is 0 Å². The maximum Gasteiger partial charge on any atom is 0.245 e. The topological polar surface area (TPSA) is 66.6 Å². The lowest BCUT2D eigenvalue weighted by Crippen LogP contribution is -2.53. The number of nitrogens with zero attached hydrogens (tertiary/aromatic N) is 2. The highest BCUT2D eigenvalue weighted by Crippen LogP contribution is 2.35. The number of hydrogen-bond donors (Lipinski definition) is 1. The first kappa shape index (κ1) is 17.2. The molecule has 5 nitrogen and oxygen atoms in total. The third-order valence-electron chi connectivity index (χ3n) is 3.75. The average molecular weight is 441 g/mol. The number of halogens is 2. The van der Waals surface area contributed by atoms with E-state index >= 15 is 0 Å². The highest BCUT2D eigenvalue weighted by Gasteiger charge is 2.34. The summed E-state index contributed by atoms with van der Waals surface area (Å²) in [6, 6.07) is 3.44. The Hall–Kier alpha value is -0.150. The summed E-state index contributed by atoms with van der Waals surface area (Å²) in [7, 11) is -3.55. The molecule has 1 aliphatic heterocycles. The fraction of sp³-hybridized carbons (Fsp3) is 0.538. The largest absolute Gasteiger partial charge is 0.399 e. The van der Waals surface area contributed by atoms with E-state index in [0.717, 1.165) is 13.1 Å². The normalized spacial score (nSPS) is 21.6. The van der Waals surface area contributed by atoms with Crippen LogP contribution in [0.5, 0.6) is 0 Å². The molecule has 2 N–H and O–H groups in total. The number of nitrogens with two attached hydrogens (primary N) is 1. The van der Waals surface area contributed by atoms with E-state index in [1.165, 1.54) is 0 Å². The van der Waals surface area contributed by atoms with Crippen LogP contribution >= 0.6 is 31.9 Å². The number of hydrogen-bond acceptors (Lipinski definition) is 4. The number of piperazine rings is 1. The van der Waals surface area contributed by atoms with Crippen LogP contribution in [-0.4, -0.2) is 49.8 Å². The molecule has 1 aliphatic rings. The van der Waals surface area contributed by atoms with Gasteiger partial charge in [-0.25, -0.2) is 8.42 Å². The molecule has 1 unspecified atom stereocenters. The lowest BCUT2D eigenvalue weighted by Gasteiger charge is -2.38. The van der Waals surface area contributed by atoms with Gasteiger partial charge >= 0.3 is 0 Å². The van der Waals surface area contributed by atoms with Crippen molar-refractivity contribution < 1.29 is 8.42 Å². The van der Waals surface area contributed by atoms with Crippen LogP contribution in [0.1, 0.15) is 13.8 Å². The molecule has 1 aromatic carbocycles. The summed E-state index contributed by atoms with van der Waals surface area (Å²) in [5, 5.41) is 0. The number of rotatable bonds is 3. The van der Waals surface area contributed by atoms with Gasteiger partial charge in [0.05, 0.1) is 0 Å². The predicted octanol–water partition coefficient (Wildman–Crippen LogP) is 2.51. The standard InChI is InChI=1S/C13H19Br2N3O2S/c1-3-17-4-5-18(8-9(17)2)21(19,20)13-11(14)6-10(16)7-12(13)15/h6-7,9H,3-5,8,16H2,1-2H3. The summed E-state index contributed by atoms with van der Waals surface area (Å²) in [6.07, 6.45) is 0. The van der Waals surface area contributed by atoms with E-state index in [0.29, 0.717) is 27.7 Å². The van der Waals surface area contributed by atoms with E-state index < -0.39 is 10.0 Å². The van der Waals surface area contributed by atoms with Crippen molar-refractivity contribution in [3.63, 3.8) is 0 Å². The Morgan fingerprint density at radius 2 is 1.86 bits per heavy atom. The first-order valence-electron chi connectivity index (χ1n) is 6.76. The van der Waals surface area contributed by atoms with Gasteiger partial charge in [-0.05, 0) is 57.5 Å². The molecule has 1 atom stereocenters. The van der Waals surface area contributed by atoms with Crippen LogP contribution in [-0.2, 0) is 10.0 Å². The average Bonchev–Trinajstić information content (AvgIpc) is 2.36. The van der Waals surface area contributed by atoms with Gasteiger partial charge in [0.25, 0.3) is 0 Å². The molecule has 0 spiro atoms. The molecule has 0 aliphatic carbocycles. The van der Waals surface area contributed by atoms with Gasteiger partial charge in [0.2, 0.25) is 10.0 Å². The van der Waals surface area contributed by atoms with Crippen molar-refractivity contribution in [2.75, 3.05) is 31.9 Å². The summed E-state index contributed by atoms with van der Waals surface area (Å²) < 4.78 is 28.3. The number of nitrogen functional groups attached to an aromatic ring is 1. The van der Waals surface area contributed by atoms with Crippen molar-refractivity contribution in [2.45, 2.75) is 24.8 Å². The van der Waals surface area contributed by atoms with Crippen LogP contribution in [0.4, 0.5) is 5.69 Å². The Bertz CT molecular complexity index is 613. The first-order chi connectivity index (χ1) is 9.77. The van der Waals surface area contributed by atoms with Crippen molar-refractivity contribution in [1.29, 1.82) is 0 Å². The second-order valence-corrected chi connectivity index (χ2v) is 8.74. The quantitative estimate of drug-likeness (QED) is 0.733. The number of benzene rings is 1. The highest BCUT2D eigenvalue weighted by atomic mass is 79.9. The summed E-state index contributed by atoms with van der Waals surface area (Å²) in [6.45, 7) is 6.83. The van der Waals surface area contributed by atoms with Gasteiger partial charge < -0.3 is 5.73 Å². The van der Waals surface area contributed by atoms with Crippen molar-refractivity contribution >= 4 is 47.6 Å². The van der Waals surface area contributed by atoms with Gasteiger partial charge in [0.1, 0.15) is 4.90 Å². The predicted molar refractivity (Wildman–Crippen MR) is 91.7 cm³/mol. The molecule has 1 aromatic rings. The van der Waals surface area contributed by atoms with Gasteiger partial charge in [0, 0.05) is 40.3 Å². The number of sulfonamides is 1. The second-order valence-electron chi connectivity index (χ2n) is 5.15. The molecule has 1 heterocycles. The van der Waals surface area contributed by atoms with Gasteiger partial charge in [0.15, 0.2) is 0 Å². The molecule has 1 fully saturated rings. The van der Waals surface area contributed by atoms with E-state index in [-0.39, 0.29) is 10.9 Å². The van der Waals surface area contributed by atoms with Crippen molar-refractivity contribution in [2.24, 2.45) is 0 Å². The molecule has 2 rings (SSSR count). The van der Waals surface area contributed by atoms with E-state index in [2.05, 4.69) is 50.6 Å². The third-order valence-corrected chi connectivity index (χ3v) is 7.50. The Kier molecular flexibility index (Phi) is 5.36. The van der Waals surface area contributed by atoms with Gasteiger partial charge in [-0.3, -0.25) is 4.90 Å². The Morgan fingerprint density at radius 1 is 1.29 bits per heavy atom. The minimum absolute atomic E-state index is 0.213. The zero-order valence-corrected chi connectivity index (χ0v) is 16.0. The zero-order valence-electron chi connectivity index (χ0n) is 12.0. The van der Waals surface area contributed by atoms with E-state index in [4.69, 9.17) is 5.73 Å². The summed E-state index contributed by atoms with van der Waals surface area (Å²) in [5.41, 5.74) is 6.24. The van der Waals surface area contributed by atoms with Crippen LogP contribution in [0.25, 0.3) is 0 Å². The molecular weight excluding hydrogens is 422 g/mol. The molecule has 0 bridgehead atoms. The van der Waals surface area contributed by atoms with Crippen molar-refractivity contribution in [3.05, 3.63) is 21.1 Å². The molecule has 21 heavy (non-hydrogen) atoms.